The summed E-state index contributed by atoms with van der Waals surface area (Å²) < 4.78 is 10.9. The fourth-order valence-electron chi connectivity index (χ4n) is 2.22. The van der Waals surface area contributed by atoms with Gasteiger partial charge in [0.25, 0.3) is 0 Å². The molecule has 1 unspecified atom stereocenters. The van der Waals surface area contributed by atoms with Gasteiger partial charge in [-0.1, -0.05) is 0 Å². The van der Waals surface area contributed by atoms with E-state index < -0.39 is 0 Å². The summed E-state index contributed by atoms with van der Waals surface area (Å²) in [5, 5.41) is 0. The van der Waals surface area contributed by atoms with Crippen LogP contribution in [0, 0.1) is 5.92 Å². The zero-order chi connectivity index (χ0) is 11.8. The third-order valence-electron chi connectivity index (χ3n) is 3.09. The molecule has 1 rings (SSSR count). The standard InChI is InChI=1S/C12H26N2O2/c1-3-16-12(8-13)10-14(2)9-11-4-6-15-7-5-11/h11-12H,3-10,13H2,1-2H3. The maximum atomic E-state index is 5.67. The van der Waals surface area contributed by atoms with Crippen LogP contribution < -0.4 is 5.73 Å². The fraction of sp³-hybridized carbons (Fsp3) is 1.00. The zero-order valence-corrected chi connectivity index (χ0v) is 10.7. The summed E-state index contributed by atoms with van der Waals surface area (Å²) in [6.45, 7) is 7.27. The van der Waals surface area contributed by atoms with Crippen molar-refractivity contribution in [1.82, 2.24) is 4.90 Å². The molecule has 96 valence electrons. The van der Waals surface area contributed by atoms with Gasteiger partial charge in [-0.3, -0.25) is 0 Å². The molecular weight excluding hydrogens is 204 g/mol. The van der Waals surface area contributed by atoms with Gasteiger partial charge in [0, 0.05) is 39.5 Å². The van der Waals surface area contributed by atoms with E-state index in [1.807, 2.05) is 6.92 Å². The summed E-state index contributed by atoms with van der Waals surface area (Å²) in [7, 11) is 2.15. The van der Waals surface area contributed by atoms with Gasteiger partial charge in [-0.2, -0.15) is 0 Å². The van der Waals surface area contributed by atoms with Gasteiger partial charge in [-0.15, -0.1) is 0 Å². The molecule has 1 saturated heterocycles. The lowest BCUT2D eigenvalue weighted by molar-refractivity contribution is 0.0270. The molecule has 0 saturated carbocycles. The first kappa shape index (κ1) is 13.9. The lowest BCUT2D eigenvalue weighted by Crippen LogP contribution is -2.39. The molecule has 1 atom stereocenters. The number of hydrogen-bond donors (Lipinski definition) is 1. The second kappa shape index (κ2) is 8.01. The minimum Gasteiger partial charge on any atom is -0.381 e. The van der Waals surface area contributed by atoms with Crippen molar-refractivity contribution in [3.05, 3.63) is 0 Å². The maximum Gasteiger partial charge on any atom is 0.0823 e. The second-order valence-electron chi connectivity index (χ2n) is 4.59. The fourth-order valence-corrected chi connectivity index (χ4v) is 2.22. The number of likely N-dealkylation sites (N-methyl/N-ethyl adjacent to an activating group) is 1. The van der Waals surface area contributed by atoms with E-state index in [0.29, 0.717) is 6.54 Å². The van der Waals surface area contributed by atoms with Crippen LogP contribution in [0.25, 0.3) is 0 Å². The third-order valence-corrected chi connectivity index (χ3v) is 3.09. The monoisotopic (exact) mass is 230 g/mol. The van der Waals surface area contributed by atoms with Crippen molar-refractivity contribution >= 4 is 0 Å². The highest BCUT2D eigenvalue weighted by Gasteiger charge is 2.17. The molecule has 1 aliphatic rings. The molecule has 1 aliphatic heterocycles. The molecule has 0 aromatic heterocycles. The van der Waals surface area contributed by atoms with Crippen LogP contribution in [0.4, 0.5) is 0 Å². The van der Waals surface area contributed by atoms with Crippen LogP contribution in [0.2, 0.25) is 0 Å². The van der Waals surface area contributed by atoms with Crippen LogP contribution in [0.1, 0.15) is 19.8 Å². The van der Waals surface area contributed by atoms with Crippen LogP contribution in [0.15, 0.2) is 0 Å². The Labute approximate surface area is 99.1 Å². The molecule has 0 spiro atoms. The molecule has 0 aromatic carbocycles. The normalized spacial score (nSPS) is 20.2. The van der Waals surface area contributed by atoms with Gasteiger partial charge >= 0.3 is 0 Å². The number of hydrogen-bond acceptors (Lipinski definition) is 4. The Balaban J connectivity index is 2.19. The van der Waals surface area contributed by atoms with E-state index in [-0.39, 0.29) is 6.10 Å². The number of ether oxygens (including phenoxy) is 2. The summed E-state index contributed by atoms with van der Waals surface area (Å²) in [5.41, 5.74) is 5.67. The molecule has 0 bridgehead atoms. The highest BCUT2D eigenvalue weighted by molar-refractivity contribution is 4.70. The van der Waals surface area contributed by atoms with Crippen LogP contribution in [-0.4, -0.2) is 57.5 Å². The van der Waals surface area contributed by atoms with E-state index in [2.05, 4.69) is 11.9 Å². The molecule has 0 amide bonds. The lowest BCUT2D eigenvalue weighted by atomic mass is 10.00. The van der Waals surface area contributed by atoms with E-state index >= 15 is 0 Å². The third kappa shape index (κ3) is 5.25. The Hall–Kier alpha value is -0.160. The number of nitrogens with two attached hydrogens (primary N) is 1. The van der Waals surface area contributed by atoms with E-state index in [1.165, 1.54) is 12.8 Å². The predicted octanol–water partition coefficient (Wildman–Crippen LogP) is 0.709. The Kier molecular flexibility index (Phi) is 6.96. The highest BCUT2D eigenvalue weighted by Crippen LogP contribution is 2.15. The molecule has 4 heteroatoms. The van der Waals surface area contributed by atoms with E-state index in [9.17, 15) is 0 Å². The van der Waals surface area contributed by atoms with E-state index in [0.717, 1.165) is 38.8 Å². The Morgan fingerprint density at radius 2 is 2.12 bits per heavy atom. The van der Waals surface area contributed by atoms with Crippen molar-refractivity contribution in [1.29, 1.82) is 0 Å². The van der Waals surface area contributed by atoms with Crippen molar-refractivity contribution < 1.29 is 9.47 Å². The van der Waals surface area contributed by atoms with Gasteiger partial charge in [0.1, 0.15) is 0 Å². The van der Waals surface area contributed by atoms with Crippen molar-refractivity contribution in [2.24, 2.45) is 11.7 Å². The zero-order valence-electron chi connectivity index (χ0n) is 10.7. The van der Waals surface area contributed by atoms with E-state index in [4.69, 9.17) is 15.2 Å². The largest absolute Gasteiger partial charge is 0.381 e. The van der Waals surface area contributed by atoms with Crippen LogP contribution >= 0.6 is 0 Å². The molecule has 4 nitrogen and oxygen atoms in total. The Bertz CT molecular complexity index is 166. The van der Waals surface area contributed by atoms with Crippen molar-refractivity contribution in [3.8, 4) is 0 Å². The lowest BCUT2D eigenvalue weighted by Gasteiger charge is -2.29. The molecule has 0 radical (unpaired) electrons. The summed E-state index contributed by atoms with van der Waals surface area (Å²) >= 11 is 0. The summed E-state index contributed by atoms with van der Waals surface area (Å²) in [5.74, 6) is 0.777. The minimum absolute atomic E-state index is 0.176. The molecule has 16 heavy (non-hydrogen) atoms. The van der Waals surface area contributed by atoms with Gasteiger partial charge in [-0.05, 0) is 32.7 Å². The average molecular weight is 230 g/mol. The van der Waals surface area contributed by atoms with Crippen LogP contribution in [-0.2, 0) is 9.47 Å². The minimum atomic E-state index is 0.176. The summed E-state index contributed by atoms with van der Waals surface area (Å²) in [6.07, 6.45) is 2.55. The summed E-state index contributed by atoms with van der Waals surface area (Å²) in [4.78, 5) is 2.34. The van der Waals surface area contributed by atoms with Gasteiger partial charge < -0.3 is 20.1 Å². The van der Waals surface area contributed by atoms with Gasteiger partial charge in [0.15, 0.2) is 0 Å². The summed E-state index contributed by atoms with van der Waals surface area (Å²) in [6, 6.07) is 0. The smallest absolute Gasteiger partial charge is 0.0823 e. The first-order valence-corrected chi connectivity index (χ1v) is 6.34. The topological polar surface area (TPSA) is 47.7 Å². The molecule has 1 fully saturated rings. The van der Waals surface area contributed by atoms with Crippen molar-refractivity contribution in [3.63, 3.8) is 0 Å². The molecule has 0 aromatic rings. The Morgan fingerprint density at radius 1 is 1.44 bits per heavy atom. The SMILES string of the molecule is CCOC(CN)CN(C)CC1CCOCC1. The van der Waals surface area contributed by atoms with Crippen molar-refractivity contribution in [2.45, 2.75) is 25.9 Å². The molecule has 1 heterocycles. The molecular formula is C12H26N2O2. The highest BCUT2D eigenvalue weighted by atomic mass is 16.5. The number of nitrogens with zero attached hydrogens (tertiary/aromatic N) is 1. The second-order valence-corrected chi connectivity index (χ2v) is 4.59. The first-order valence-electron chi connectivity index (χ1n) is 6.34. The van der Waals surface area contributed by atoms with Crippen LogP contribution in [0.3, 0.4) is 0 Å². The maximum absolute atomic E-state index is 5.67. The van der Waals surface area contributed by atoms with Crippen molar-refractivity contribution in [2.75, 3.05) is 46.5 Å². The predicted molar refractivity (Wildman–Crippen MR) is 65.5 cm³/mol. The van der Waals surface area contributed by atoms with Gasteiger partial charge in [-0.25, -0.2) is 0 Å². The Morgan fingerprint density at radius 3 is 2.69 bits per heavy atom. The quantitative estimate of drug-likeness (QED) is 0.700. The van der Waals surface area contributed by atoms with E-state index in [1.54, 1.807) is 0 Å². The molecule has 0 aliphatic carbocycles. The first-order chi connectivity index (χ1) is 7.76. The molecule has 2 N–H and O–H groups in total. The average Bonchev–Trinajstić information content (AvgIpc) is 2.29. The number of rotatable bonds is 7. The van der Waals surface area contributed by atoms with Crippen LogP contribution in [0.5, 0.6) is 0 Å². The van der Waals surface area contributed by atoms with Gasteiger partial charge in [0.2, 0.25) is 0 Å². The van der Waals surface area contributed by atoms with Gasteiger partial charge in [0.05, 0.1) is 6.10 Å².